The van der Waals surface area contributed by atoms with Crippen LogP contribution in [0.2, 0.25) is 0 Å². The van der Waals surface area contributed by atoms with Crippen molar-refractivity contribution in [3.8, 4) is 0 Å². The summed E-state index contributed by atoms with van der Waals surface area (Å²) in [6.07, 6.45) is 7.48. The van der Waals surface area contributed by atoms with E-state index in [0.717, 1.165) is 32.4 Å². The van der Waals surface area contributed by atoms with Crippen LogP contribution < -0.4 is 10.6 Å². The SMILES string of the molecule is CNC(=O)CCCNCC1(CO)CCCCC1. The lowest BCUT2D eigenvalue weighted by atomic mass is 9.74. The van der Waals surface area contributed by atoms with Crippen LogP contribution in [-0.2, 0) is 4.79 Å². The number of amides is 1. The molecular weight excluding hydrogens is 216 g/mol. The number of carbonyl (C=O) groups is 1. The second-order valence-electron chi connectivity index (χ2n) is 5.17. The fraction of sp³-hybridized carbons (Fsp3) is 0.923. The number of hydrogen-bond donors (Lipinski definition) is 3. The molecule has 1 aliphatic carbocycles. The highest BCUT2D eigenvalue weighted by molar-refractivity contribution is 5.75. The van der Waals surface area contributed by atoms with E-state index in [2.05, 4.69) is 10.6 Å². The normalized spacial score (nSPS) is 18.9. The Balaban J connectivity index is 2.13. The molecule has 0 radical (unpaired) electrons. The zero-order valence-corrected chi connectivity index (χ0v) is 10.9. The van der Waals surface area contributed by atoms with Gasteiger partial charge in [-0.1, -0.05) is 19.3 Å². The number of carbonyl (C=O) groups excluding carboxylic acids is 1. The van der Waals surface area contributed by atoms with Gasteiger partial charge in [-0.25, -0.2) is 0 Å². The first kappa shape index (κ1) is 14.5. The molecule has 1 rings (SSSR count). The largest absolute Gasteiger partial charge is 0.396 e. The van der Waals surface area contributed by atoms with Crippen molar-refractivity contribution in [1.82, 2.24) is 10.6 Å². The minimum atomic E-state index is 0.0985. The van der Waals surface area contributed by atoms with E-state index >= 15 is 0 Å². The van der Waals surface area contributed by atoms with Crippen molar-refractivity contribution in [2.24, 2.45) is 5.41 Å². The second-order valence-corrected chi connectivity index (χ2v) is 5.17. The summed E-state index contributed by atoms with van der Waals surface area (Å²) >= 11 is 0. The highest BCUT2D eigenvalue weighted by Gasteiger charge is 2.30. The molecule has 0 saturated heterocycles. The molecular formula is C13H26N2O2. The molecule has 0 spiro atoms. The van der Waals surface area contributed by atoms with E-state index in [1.54, 1.807) is 7.05 Å². The Kier molecular flexibility index (Phi) is 6.52. The van der Waals surface area contributed by atoms with Gasteiger partial charge in [-0.3, -0.25) is 4.79 Å². The number of hydrogen-bond acceptors (Lipinski definition) is 3. The van der Waals surface area contributed by atoms with E-state index in [9.17, 15) is 9.90 Å². The molecule has 0 bridgehead atoms. The van der Waals surface area contributed by atoms with Gasteiger partial charge < -0.3 is 15.7 Å². The van der Waals surface area contributed by atoms with E-state index in [1.807, 2.05) is 0 Å². The Bertz CT molecular complexity index is 225. The van der Waals surface area contributed by atoms with Crippen molar-refractivity contribution in [3.05, 3.63) is 0 Å². The van der Waals surface area contributed by atoms with Gasteiger partial charge in [-0.05, 0) is 25.8 Å². The third kappa shape index (κ3) is 5.04. The number of aliphatic hydroxyl groups excluding tert-OH is 1. The van der Waals surface area contributed by atoms with Gasteiger partial charge in [-0.2, -0.15) is 0 Å². The fourth-order valence-electron chi connectivity index (χ4n) is 2.55. The Hall–Kier alpha value is -0.610. The predicted octanol–water partition coefficient (Wildman–Crippen LogP) is 1.04. The summed E-state index contributed by atoms with van der Waals surface area (Å²) in [5.74, 6) is 0.0985. The second kappa shape index (κ2) is 7.67. The summed E-state index contributed by atoms with van der Waals surface area (Å²) in [5.41, 5.74) is 0.102. The first-order valence-electron chi connectivity index (χ1n) is 6.75. The number of aliphatic hydroxyl groups is 1. The van der Waals surface area contributed by atoms with Gasteiger partial charge in [0.1, 0.15) is 0 Å². The summed E-state index contributed by atoms with van der Waals surface area (Å²) in [6.45, 7) is 2.03. The summed E-state index contributed by atoms with van der Waals surface area (Å²) in [4.78, 5) is 11.0. The number of nitrogens with one attached hydrogen (secondary N) is 2. The third-order valence-electron chi connectivity index (χ3n) is 3.79. The fourth-order valence-corrected chi connectivity index (χ4v) is 2.55. The maximum atomic E-state index is 11.0. The lowest BCUT2D eigenvalue weighted by Gasteiger charge is -2.35. The van der Waals surface area contributed by atoms with E-state index in [4.69, 9.17) is 0 Å². The van der Waals surface area contributed by atoms with Crippen molar-refractivity contribution in [3.63, 3.8) is 0 Å². The van der Waals surface area contributed by atoms with Crippen LogP contribution in [0.1, 0.15) is 44.9 Å². The minimum absolute atomic E-state index is 0.0985. The van der Waals surface area contributed by atoms with Crippen molar-refractivity contribution in [2.45, 2.75) is 44.9 Å². The van der Waals surface area contributed by atoms with Crippen LogP contribution in [-0.4, -0.2) is 37.8 Å². The molecule has 1 saturated carbocycles. The minimum Gasteiger partial charge on any atom is -0.396 e. The first-order chi connectivity index (χ1) is 8.22. The van der Waals surface area contributed by atoms with Gasteiger partial charge in [0.05, 0.1) is 0 Å². The predicted molar refractivity (Wildman–Crippen MR) is 68.8 cm³/mol. The molecule has 4 heteroatoms. The summed E-state index contributed by atoms with van der Waals surface area (Å²) in [7, 11) is 1.67. The third-order valence-corrected chi connectivity index (χ3v) is 3.79. The van der Waals surface area contributed by atoms with Crippen molar-refractivity contribution in [1.29, 1.82) is 0 Å². The van der Waals surface area contributed by atoms with E-state index in [-0.39, 0.29) is 17.9 Å². The maximum Gasteiger partial charge on any atom is 0.219 e. The molecule has 0 aromatic carbocycles. The zero-order chi connectivity index (χ0) is 12.6. The molecule has 0 aromatic heterocycles. The van der Waals surface area contributed by atoms with Crippen LogP contribution >= 0.6 is 0 Å². The van der Waals surface area contributed by atoms with Gasteiger partial charge in [0.25, 0.3) is 0 Å². The van der Waals surface area contributed by atoms with Gasteiger partial charge in [0.2, 0.25) is 5.91 Å². The van der Waals surface area contributed by atoms with E-state index in [0.29, 0.717) is 6.42 Å². The molecule has 1 amide bonds. The van der Waals surface area contributed by atoms with Crippen LogP contribution in [0.3, 0.4) is 0 Å². The summed E-state index contributed by atoms with van der Waals surface area (Å²) in [5, 5.41) is 15.5. The smallest absolute Gasteiger partial charge is 0.219 e. The molecule has 3 N–H and O–H groups in total. The molecule has 1 fully saturated rings. The van der Waals surface area contributed by atoms with Crippen molar-refractivity contribution < 1.29 is 9.90 Å². The number of rotatable bonds is 7. The molecule has 0 aromatic rings. The summed E-state index contributed by atoms with van der Waals surface area (Å²) < 4.78 is 0. The monoisotopic (exact) mass is 242 g/mol. The molecule has 0 heterocycles. The van der Waals surface area contributed by atoms with Gasteiger partial charge in [-0.15, -0.1) is 0 Å². The van der Waals surface area contributed by atoms with Crippen LogP contribution in [0.5, 0.6) is 0 Å². The van der Waals surface area contributed by atoms with Crippen LogP contribution in [0.4, 0.5) is 0 Å². The zero-order valence-electron chi connectivity index (χ0n) is 10.9. The van der Waals surface area contributed by atoms with Crippen molar-refractivity contribution >= 4 is 5.91 Å². The maximum absolute atomic E-state index is 11.0. The van der Waals surface area contributed by atoms with Crippen LogP contribution in [0.15, 0.2) is 0 Å². The lowest BCUT2D eigenvalue weighted by molar-refractivity contribution is -0.120. The highest BCUT2D eigenvalue weighted by atomic mass is 16.3. The Morgan fingerprint density at radius 2 is 2.00 bits per heavy atom. The Labute approximate surface area is 104 Å². The molecule has 100 valence electrons. The van der Waals surface area contributed by atoms with Gasteiger partial charge in [0, 0.05) is 32.0 Å². The average molecular weight is 242 g/mol. The Morgan fingerprint density at radius 3 is 2.59 bits per heavy atom. The van der Waals surface area contributed by atoms with Crippen molar-refractivity contribution in [2.75, 3.05) is 26.7 Å². The average Bonchev–Trinajstić information content (AvgIpc) is 2.39. The molecule has 17 heavy (non-hydrogen) atoms. The quantitative estimate of drug-likeness (QED) is 0.585. The highest BCUT2D eigenvalue weighted by Crippen LogP contribution is 2.35. The van der Waals surface area contributed by atoms with Crippen LogP contribution in [0.25, 0.3) is 0 Å². The lowest BCUT2D eigenvalue weighted by Crippen LogP contribution is -2.39. The molecule has 0 atom stereocenters. The molecule has 4 nitrogen and oxygen atoms in total. The van der Waals surface area contributed by atoms with E-state index < -0.39 is 0 Å². The van der Waals surface area contributed by atoms with Gasteiger partial charge in [0.15, 0.2) is 0 Å². The first-order valence-corrected chi connectivity index (χ1v) is 6.75. The van der Waals surface area contributed by atoms with Crippen LogP contribution in [0, 0.1) is 5.41 Å². The van der Waals surface area contributed by atoms with Gasteiger partial charge >= 0.3 is 0 Å². The molecule has 0 aliphatic heterocycles. The topological polar surface area (TPSA) is 61.4 Å². The Morgan fingerprint density at radius 1 is 1.29 bits per heavy atom. The van der Waals surface area contributed by atoms with E-state index in [1.165, 1.54) is 19.3 Å². The molecule has 0 unspecified atom stereocenters. The standard InChI is InChI=1S/C13H26N2O2/c1-14-12(17)6-5-9-15-10-13(11-16)7-3-2-4-8-13/h15-16H,2-11H2,1H3,(H,14,17). The molecule has 1 aliphatic rings. The summed E-state index contributed by atoms with van der Waals surface area (Å²) in [6, 6.07) is 0.